The lowest BCUT2D eigenvalue weighted by atomic mass is 10.0. The molecular weight excluding hydrogens is 481 g/mol. The molecule has 8 heteroatoms. The standard InChI is InChI=1S/C19H20ClN3O3.HI/c20-14-9-12(10-17-18(14)26-8-7-25-17)11-22-19(21)23-15-5-6-24-16-4-2-1-3-13(15)16;/h1-4,9-10,15H,5-8,11H2,(H3,21,22,23);1H. The van der Waals surface area contributed by atoms with Crippen molar-refractivity contribution in [3.05, 3.63) is 52.5 Å². The lowest BCUT2D eigenvalue weighted by Crippen LogP contribution is -2.37. The minimum absolute atomic E-state index is 0. The van der Waals surface area contributed by atoms with E-state index in [1.807, 2.05) is 36.4 Å². The highest BCUT2D eigenvalue weighted by molar-refractivity contribution is 14.0. The van der Waals surface area contributed by atoms with E-state index >= 15 is 0 Å². The highest BCUT2D eigenvalue weighted by atomic mass is 127. The molecule has 2 aliphatic heterocycles. The van der Waals surface area contributed by atoms with Crippen LogP contribution in [0.5, 0.6) is 17.2 Å². The average molecular weight is 502 g/mol. The Balaban J connectivity index is 0.00000210. The Morgan fingerprint density at radius 2 is 1.89 bits per heavy atom. The van der Waals surface area contributed by atoms with E-state index in [0.717, 1.165) is 23.3 Å². The van der Waals surface area contributed by atoms with Crippen LogP contribution in [0.4, 0.5) is 0 Å². The number of fused-ring (bicyclic) bond motifs is 2. The van der Waals surface area contributed by atoms with Crippen molar-refractivity contribution in [1.29, 1.82) is 0 Å². The molecule has 27 heavy (non-hydrogen) atoms. The Kier molecular flexibility index (Phi) is 6.54. The second-order valence-electron chi connectivity index (χ2n) is 6.18. The Morgan fingerprint density at radius 3 is 2.78 bits per heavy atom. The largest absolute Gasteiger partial charge is 0.493 e. The number of guanidine groups is 1. The van der Waals surface area contributed by atoms with Crippen LogP contribution in [0.3, 0.4) is 0 Å². The van der Waals surface area contributed by atoms with Crippen molar-refractivity contribution in [3.8, 4) is 17.2 Å². The Morgan fingerprint density at radius 1 is 1.11 bits per heavy atom. The monoisotopic (exact) mass is 501 g/mol. The molecule has 2 aromatic carbocycles. The molecule has 0 spiro atoms. The summed E-state index contributed by atoms with van der Waals surface area (Å²) in [6, 6.07) is 11.8. The molecule has 0 saturated heterocycles. The Bertz CT molecular complexity index is 847. The van der Waals surface area contributed by atoms with E-state index in [4.69, 9.17) is 31.5 Å². The van der Waals surface area contributed by atoms with Crippen LogP contribution in [-0.2, 0) is 6.54 Å². The van der Waals surface area contributed by atoms with E-state index in [-0.39, 0.29) is 30.0 Å². The van der Waals surface area contributed by atoms with Crippen molar-refractivity contribution in [1.82, 2.24) is 5.32 Å². The molecule has 2 aromatic rings. The van der Waals surface area contributed by atoms with Crippen LogP contribution in [-0.4, -0.2) is 25.8 Å². The van der Waals surface area contributed by atoms with E-state index in [0.29, 0.717) is 48.8 Å². The number of nitrogens with zero attached hydrogens (tertiary/aromatic N) is 1. The molecule has 0 saturated carbocycles. The summed E-state index contributed by atoms with van der Waals surface area (Å²) in [6.45, 7) is 2.08. The molecule has 1 unspecified atom stereocenters. The van der Waals surface area contributed by atoms with Gasteiger partial charge in [-0.05, 0) is 23.8 Å². The highest BCUT2D eigenvalue weighted by Crippen LogP contribution is 2.38. The molecule has 2 aliphatic rings. The summed E-state index contributed by atoms with van der Waals surface area (Å²) >= 11 is 6.26. The molecule has 2 heterocycles. The highest BCUT2D eigenvalue weighted by Gasteiger charge is 2.21. The van der Waals surface area contributed by atoms with Gasteiger partial charge in [0.05, 0.1) is 24.2 Å². The van der Waals surface area contributed by atoms with Gasteiger partial charge in [0.25, 0.3) is 0 Å². The average Bonchev–Trinajstić information content (AvgIpc) is 2.67. The Hall–Kier alpha value is -1.87. The predicted octanol–water partition coefficient (Wildman–Crippen LogP) is 3.66. The molecule has 3 N–H and O–H groups in total. The fourth-order valence-corrected chi connectivity index (χ4v) is 3.44. The quantitative estimate of drug-likeness (QED) is 0.381. The van der Waals surface area contributed by atoms with Crippen LogP contribution in [0.2, 0.25) is 5.02 Å². The predicted molar refractivity (Wildman–Crippen MR) is 116 cm³/mol. The van der Waals surface area contributed by atoms with E-state index in [2.05, 4.69) is 10.3 Å². The summed E-state index contributed by atoms with van der Waals surface area (Å²) in [5.74, 6) is 2.52. The Labute approximate surface area is 180 Å². The van der Waals surface area contributed by atoms with E-state index < -0.39 is 0 Å². The number of para-hydroxylation sites is 1. The van der Waals surface area contributed by atoms with Crippen LogP contribution in [0, 0.1) is 0 Å². The van der Waals surface area contributed by atoms with Gasteiger partial charge >= 0.3 is 0 Å². The first-order chi connectivity index (χ1) is 12.7. The molecule has 0 fully saturated rings. The third kappa shape index (κ3) is 4.52. The summed E-state index contributed by atoms with van der Waals surface area (Å²) in [5, 5.41) is 3.81. The van der Waals surface area contributed by atoms with Crippen LogP contribution in [0.15, 0.2) is 41.4 Å². The number of nitrogens with two attached hydrogens (primary N) is 1. The molecular formula is C19H21ClIN3O3. The topological polar surface area (TPSA) is 78.1 Å². The van der Waals surface area contributed by atoms with Gasteiger partial charge in [0.1, 0.15) is 19.0 Å². The van der Waals surface area contributed by atoms with Crippen LogP contribution in [0.25, 0.3) is 0 Å². The van der Waals surface area contributed by atoms with Gasteiger partial charge in [-0.2, -0.15) is 0 Å². The van der Waals surface area contributed by atoms with E-state index in [9.17, 15) is 0 Å². The SMILES string of the molecule is I.NC(=NCc1cc(Cl)c2c(c1)OCCO2)NC1CCOc2ccccc21. The fourth-order valence-electron chi connectivity index (χ4n) is 3.15. The molecule has 4 rings (SSSR count). The van der Waals surface area contributed by atoms with Gasteiger partial charge in [0.15, 0.2) is 17.5 Å². The lowest BCUT2D eigenvalue weighted by molar-refractivity contribution is 0.171. The van der Waals surface area contributed by atoms with Crippen molar-refractivity contribution in [2.45, 2.75) is 19.0 Å². The van der Waals surface area contributed by atoms with Gasteiger partial charge in [-0.15, -0.1) is 24.0 Å². The van der Waals surface area contributed by atoms with Crippen molar-refractivity contribution in [3.63, 3.8) is 0 Å². The summed E-state index contributed by atoms with van der Waals surface area (Å²) < 4.78 is 16.8. The zero-order valence-electron chi connectivity index (χ0n) is 14.6. The van der Waals surface area contributed by atoms with E-state index in [1.54, 1.807) is 0 Å². The number of halogens is 2. The first kappa shape index (κ1) is 19.9. The second-order valence-corrected chi connectivity index (χ2v) is 6.58. The molecule has 0 aromatic heterocycles. The smallest absolute Gasteiger partial charge is 0.189 e. The number of rotatable bonds is 3. The molecule has 0 amide bonds. The third-order valence-electron chi connectivity index (χ3n) is 4.37. The third-order valence-corrected chi connectivity index (χ3v) is 4.65. The number of aliphatic imine (C=N–C) groups is 1. The summed E-state index contributed by atoms with van der Waals surface area (Å²) in [7, 11) is 0. The van der Waals surface area contributed by atoms with Gasteiger partial charge in [-0.3, -0.25) is 0 Å². The molecule has 0 aliphatic carbocycles. The number of hydrogen-bond acceptors (Lipinski definition) is 4. The maximum atomic E-state index is 6.26. The van der Waals surface area contributed by atoms with Crippen LogP contribution >= 0.6 is 35.6 Å². The van der Waals surface area contributed by atoms with Crippen molar-refractivity contribution >= 4 is 41.5 Å². The van der Waals surface area contributed by atoms with Crippen LogP contribution < -0.4 is 25.3 Å². The summed E-state index contributed by atoms with van der Waals surface area (Å²) in [6.07, 6.45) is 0.836. The van der Waals surface area contributed by atoms with Crippen LogP contribution in [0.1, 0.15) is 23.6 Å². The maximum absolute atomic E-state index is 6.26. The normalized spacial score (nSPS) is 18.0. The number of hydrogen-bond donors (Lipinski definition) is 2. The fraction of sp³-hybridized carbons (Fsp3) is 0.316. The van der Waals surface area contributed by atoms with Gasteiger partial charge in [-0.1, -0.05) is 29.8 Å². The molecule has 6 nitrogen and oxygen atoms in total. The zero-order valence-corrected chi connectivity index (χ0v) is 17.7. The van der Waals surface area contributed by atoms with Gasteiger partial charge < -0.3 is 25.3 Å². The van der Waals surface area contributed by atoms with E-state index in [1.165, 1.54) is 0 Å². The lowest BCUT2D eigenvalue weighted by Gasteiger charge is -2.27. The summed E-state index contributed by atoms with van der Waals surface area (Å²) in [4.78, 5) is 4.44. The van der Waals surface area contributed by atoms with Crippen molar-refractivity contribution in [2.24, 2.45) is 10.7 Å². The molecule has 1 atom stereocenters. The first-order valence-corrected chi connectivity index (χ1v) is 8.95. The first-order valence-electron chi connectivity index (χ1n) is 8.57. The minimum atomic E-state index is 0. The van der Waals surface area contributed by atoms with Crippen molar-refractivity contribution < 1.29 is 14.2 Å². The molecule has 0 bridgehead atoms. The van der Waals surface area contributed by atoms with Gasteiger partial charge in [-0.25, -0.2) is 4.99 Å². The number of nitrogens with one attached hydrogen (secondary N) is 1. The molecule has 0 radical (unpaired) electrons. The number of benzene rings is 2. The summed E-state index contributed by atoms with van der Waals surface area (Å²) in [5.41, 5.74) is 8.10. The second kappa shape index (κ2) is 8.88. The van der Waals surface area contributed by atoms with Gasteiger partial charge in [0.2, 0.25) is 0 Å². The van der Waals surface area contributed by atoms with Crippen molar-refractivity contribution in [2.75, 3.05) is 19.8 Å². The minimum Gasteiger partial charge on any atom is -0.493 e. The zero-order chi connectivity index (χ0) is 17.9. The maximum Gasteiger partial charge on any atom is 0.189 e. The van der Waals surface area contributed by atoms with Gasteiger partial charge in [0, 0.05) is 12.0 Å². The molecule has 144 valence electrons. The number of ether oxygens (including phenoxy) is 3.